The highest BCUT2D eigenvalue weighted by Gasteiger charge is 2.24. The summed E-state index contributed by atoms with van der Waals surface area (Å²) < 4.78 is 5.02. The van der Waals surface area contributed by atoms with Crippen molar-refractivity contribution in [2.24, 2.45) is 0 Å². The topological polar surface area (TPSA) is 55.4 Å². The fraction of sp³-hybridized carbons (Fsp3) is 0.0909. The lowest BCUT2D eigenvalue weighted by atomic mass is 10.2. The Hall–Kier alpha value is -1.75. The molecule has 0 unspecified atom stereocenters. The van der Waals surface area contributed by atoms with Crippen LogP contribution in [0.5, 0.6) is 5.75 Å². The fourth-order valence-corrected chi connectivity index (χ4v) is 1.84. The molecule has 1 saturated heterocycles. The molecule has 0 radical (unpaired) electrons. The van der Waals surface area contributed by atoms with E-state index in [1.807, 2.05) is 12.1 Å². The zero-order valence-electron chi connectivity index (χ0n) is 8.52. The number of amides is 1. The zero-order valence-corrected chi connectivity index (χ0v) is 9.34. The third-order valence-corrected chi connectivity index (χ3v) is 2.76. The van der Waals surface area contributed by atoms with E-state index in [4.69, 9.17) is 4.74 Å². The van der Waals surface area contributed by atoms with Crippen molar-refractivity contribution in [3.05, 3.63) is 35.5 Å². The van der Waals surface area contributed by atoms with Crippen LogP contribution in [0.25, 0.3) is 6.08 Å². The molecule has 82 valence electrons. The predicted octanol–water partition coefficient (Wildman–Crippen LogP) is 2.02. The minimum absolute atomic E-state index is 0.249. The van der Waals surface area contributed by atoms with Crippen molar-refractivity contribution in [3.63, 3.8) is 0 Å². The summed E-state index contributed by atoms with van der Waals surface area (Å²) in [6, 6.07) is 7.21. The van der Waals surface area contributed by atoms with Gasteiger partial charge in [-0.3, -0.25) is 9.59 Å². The molecule has 0 saturated carbocycles. The van der Waals surface area contributed by atoms with Crippen LogP contribution in [0.1, 0.15) is 5.56 Å². The molecule has 0 bridgehead atoms. The van der Waals surface area contributed by atoms with Gasteiger partial charge in [0.2, 0.25) is 5.12 Å². The summed E-state index contributed by atoms with van der Waals surface area (Å²) in [5.74, 6) is 0.748. The van der Waals surface area contributed by atoms with Crippen LogP contribution in [0.3, 0.4) is 0 Å². The van der Waals surface area contributed by atoms with Gasteiger partial charge in [-0.15, -0.1) is 0 Å². The maximum absolute atomic E-state index is 11.3. The Balaban J connectivity index is 2.22. The van der Waals surface area contributed by atoms with E-state index in [1.54, 1.807) is 25.3 Å². The van der Waals surface area contributed by atoms with Crippen molar-refractivity contribution in [3.8, 4) is 5.75 Å². The molecule has 4 nitrogen and oxygen atoms in total. The Morgan fingerprint density at radius 1 is 1.25 bits per heavy atom. The van der Waals surface area contributed by atoms with Crippen molar-refractivity contribution >= 4 is 28.2 Å². The van der Waals surface area contributed by atoms with Crippen molar-refractivity contribution in [2.75, 3.05) is 7.11 Å². The molecule has 1 N–H and O–H groups in total. The van der Waals surface area contributed by atoms with Gasteiger partial charge >= 0.3 is 0 Å². The molecule has 2 rings (SSSR count). The van der Waals surface area contributed by atoms with Gasteiger partial charge in [-0.2, -0.15) is 0 Å². The van der Waals surface area contributed by atoms with Crippen molar-refractivity contribution in [2.45, 2.75) is 0 Å². The molecule has 1 aliphatic rings. The summed E-state index contributed by atoms with van der Waals surface area (Å²) in [6.07, 6.45) is 1.64. The molecule has 5 heteroatoms. The Morgan fingerprint density at radius 3 is 2.44 bits per heavy atom. The summed E-state index contributed by atoms with van der Waals surface area (Å²) in [5.41, 5.74) is 1.16. The van der Waals surface area contributed by atoms with Gasteiger partial charge in [0.1, 0.15) is 5.75 Å². The molecule has 0 aromatic heterocycles. The number of carbonyl (C=O) groups is 2. The first-order chi connectivity index (χ1) is 7.69. The number of methoxy groups -OCH3 is 1. The van der Waals surface area contributed by atoms with Crippen molar-refractivity contribution in [1.29, 1.82) is 0 Å². The number of nitrogens with one attached hydrogen (secondary N) is 1. The van der Waals surface area contributed by atoms with E-state index in [1.165, 1.54) is 0 Å². The monoisotopic (exact) mass is 235 g/mol. The Morgan fingerprint density at radius 2 is 1.94 bits per heavy atom. The Kier molecular flexibility index (Phi) is 2.96. The highest BCUT2D eigenvalue weighted by molar-refractivity contribution is 8.27. The van der Waals surface area contributed by atoms with Gasteiger partial charge < -0.3 is 10.1 Å². The Bertz CT molecular complexity index is 465. The second kappa shape index (κ2) is 4.40. The molecular formula is C11H9NO3S. The zero-order chi connectivity index (χ0) is 11.5. The summed E-state index contributed by atoms with van der Waals surface area (Å²) >= 11 is 0.674. The first-order valence-corrected chi connectivity index (χ1v) is 5.39. The van der Waals surface area contributed by atoms with E-state index in [2.05, 4.69) is 5.32 Å². The second-order valence-electron chi connectivity index (χ2n) is 3.13. The third-order valence-electron chi connectivity index (χ3n) is 2.07. The van der Waals surface area contributed by atoms with E-state index in [0.717, 1.165) is 11.3 Å². The maximum atomic E-state index is 11.3. The normalized spacial score (nSPS) is 17.7. The lowest BCUT2D eigenvalue weighted by Crippen LogP contribution is -2.10. The number of carbonyl (C=O) groups excluding carboxylic acids is 2. The number of benzene rings is 1. The van der Waals surface area contributed by atoms with E-state index >= 15 is 0 Å². The van der Waals surface area contributed by atoms with Crippen LogP contribution in [-0.2, 0) is 4.79 Å². The highest BCUT2D eigenvalue weighted by Crippen LogP contribution is 2.21. The Labute approximate surface area is 96.7 Å². The first-order valence-electron chi connectivity index (χ1n) is 4.58. The minimum atomic E-state index is -0.329. The van der Waals surface area contributed by atoms with Gasteiger partial charge in [0.15, 0.2) is 0 Å². The van der Waals surface area contributed by atoms with E-state index in [-0.39, 0.29) is 10.4 Å². The van der Waals surface area contributed by atoms with Crippen molar-refractivity contribution < 1.29 is 14.3 Å². The quantitative estimate of drug-likeness (QED) is 0.797. The SMILES string of the molecule is COc1ccc(C=C2NC(=O)SC2=O)cc1. The van der Waals surface area contributed by atoms with E-state index in [0.29, 0.717) is 17.5 Å². The number of thioether (sulfide) groups is 1. The van der Waals surface area contributed by atoms with Crippen LogP contribution in [0.15, 0.2) is 30.0 Å². The predicted molar refractivity (Wildman–Crippen MR) is 62.1 cm³/mol. The number of hydrogen-bond donors (Lipinski definition) is 1. The van der Waals surface area contributed by atoms with Crippen LogP contribution < -0.4 is 10.1 Å². The lowest BCUT2D eigenvalue weighted by Gasteiger charge is -2.00. The molecule has 1 heterocycles. The highest BCUT2D eigenvalue weighted by atomic mass is 32.2. The standard InChI is InChI=1S/C11H9NO3S/c1-15-8-4-2-7(3-5-8)6-9-10(13)16-11(14)12-9/h2-6H,1H3,(H,12,14). The third kappa shape index (κ3) is 2.25. The van der Waals surface area contributed by atoms with Crippen LogP contribution in [0.2, 0.25) is 0 Å². The van der Waals surface area contributed by atoms with Gasteiger partial charge in [0.25, 0.3) is 5.24 Å². The minimum Gasteiger partial charge on any atom is -0.497 e. The average Bonchev–Trinajstić information content (AvgIpc) is 2.59. The fourth-order valence-electron chi connectivity index (χ4n) is 1.29. The smallest absolute Gasteiger partial charge is 0.291 e. The maximum Gasteiger partial charge on any atom is 0.291 e. The van der Waals surface area contributed by atoms with Crippen LogP contribution in [0, 0.1) is 0 Å². The molecule has 16 heavy (non-hydrogen) atoms. The van der Waals surface area contributed by atoms with Gasteiger partial charge in [-0.1, -0.05) is 12.1 Å². The van der Waals surface area contributed by atoms with Gasteiger partial charge in [-0.05, 0) is 23.8 Å². The average molecular weight is 235 g/mol. The van der Waals surface area contributed by atoms with E-state index < -0.39 is 0 Å². The molecule has 1 aromatic carbocycles. The summed E-state index contributed by atoms with van der Waals surface area (Å²) in [4.78, 5) is 22.2. The number of rotatable bonds is 2. The molecule has 1 amide bonds. The number of hydrogen-bond acceptors (Lipinski definition) is 4. The molecule has 1 aromatic rings. The molecule has 1 fully saturated rings. The first kappa shape index (κ1) is 10.8. The molecule has 0 atom stereocenters. The van der Waals surface area contributed by atoms with Gasteiger partial charge in [-0.25, -0.2) is 0 Å². The second-order valence-corrected chi connectivity index (χ2v) is 4.08. The van der Waals surface area contributed by atoms with Gasteiger partial charge in [0.05, 0.1) is 12.8 Å². The van der Waals surface area contributed by atoms with Gasteiger partial charge in [0, 0.05) is 11.8 Å². The van der Waals surface area contributed by atoms with Crippen LogP contribution >= 0.6 is 11.8 Å². The summed E-state index contributed by atoms with van der Waals surface area (Å²) in [6.45, 7) is 0. The number of ether oxygens (including phenoxy) is 1. The summed E-state index contributed by atoms with van der Waals surface area (Å²) in [5, 5.41) is 1.91. The van der Waals surface area contributed by atoms with Crippen LogP contribution in [0.4, 0.5) is 4.79 Å². The molecular weight excluding hydrogens is 226 g/mol. The lowest BCUT2D eigenvalue weighted by molar-refractivity contribution is -0.107. The summed E-state index contributed by atoms with van der Waals surface area (Å²) in [7, 11) is 1.59. The van der Waals surface area contributed by atoms with E-state index in [9.17, 15) is 9.59 Å². The molecule has 0 aliphatic carbocycles. The largest absolute Gasteiger partial charge is 0.497 e. The molecule has 1 aliphatic heterocycles. The van der Waals surface area contributed by atoms with Crippen molar-refractivity contribution in [1.82, 2.24) is 5.32 Å². The van der Waals surface area contributed by atoms with Crippen LogP contribution in [-0.4, -0.2) is 17.5 Å². The molecule has 0 spiro atoms.